The van der Waals surface area contributed by atoms with Crippen LogP contribution in [0.4, 0.5) is 5.69 Å². The molecule has 4 radical (unpaired) electrons. The Morgan fingerprint density at radius 2 is 2.28 bits per heavy atom. The van der Waals surface area contributed by atoms with Crippen molar-refractivity contribution in [2.24, 2.45) is 0 Å². The third-order valence-electron chi connectivity index (χ3n) is 2.42. The number of hydrogen-bond donors (Lipinski definition) is 0. The minimum atomic E-state index is -0.684. The van der Waals surface area contributed by atoms with Gasteiger partial charge in [-0.15, -0.1) is 0 Å². The van der Waals surface area contributed by atoms with Crippen LogP contribution in [0.2, 0.25) is 0 Å². The van der Waals surface area contributed by atoms with Gasteiger partial charge in [0.25, 0.3) is 0 Å². The molecule has 2 rings (SSSR count). The minimum absolute atomic E-state index is 0.0856. The van der Waals surface area contributed by atoms with Crippen molar-refractivity contribution in [3.8, 4) is 5.75 Å². The summed E-state index contributed by atoms with van der Waals surface area (Å²) in [6.07, 6.45) is 0. The van der Waals surface area contributed by atoms with Gasteiger partial charge in [-0.05, 0) is 0 Å². The number of fused-ring (bicyclic) bond motifs is 1. The Balaban J connectivity index is 2.49. The van der Waals surface area contributed by atoms with Crippen molar-refractivity contribution in [1.82, 2.24) is 0 Å². The van der Waals surface area contributed by atoms with Crippen LogP contribution < -0.4 is 15.0 Å². The van der Waals surface area contributed by atoms with Gasteiger partial charge in [-0.3, -0.25) is 0 Å². The fourth-order valence-electron chi connectivity index (χ4n) is 1.55. The number of hydrogen-bond acceptors (Lipinski definition) is 4. The van der Waals surface area contributed by atoms with Crippen LogP contribution >= 0.6 is 0 Å². The van der Waals surface area contributed by atoms with Crippen LogP contribution in [0.5, 0.6) is 5.75 Å². The summed E-state index contributed by atoms with van der Waals surface area (Å²) in [4.78, 5) is 23.8. The molecule has 0 aliphatic carbocycles. The first-order chi connectivity index (χ1) is 8.54. The van der Waals surface area contributed by atoms with Gasteiger partial charge in [0.05, 0.1) is 0 Å². The van der Waals surface area contributed by atoms with Gasteiger partial charge in [-0.2, -0.15) is 0 Å². The van der Waals surface area contributed by atoms with Gasteiger partial charge in [0, 0.05) is 0 Å². The van der Waals surface area contributed by atoms with Gasteiger partial charge in [0.1, 0.15) is 0 Å². The molecule has 0 atom stereocenters. The van der Waals surface area contributed by atoms with Gasteiger partial charge in [0.15, 0.2) is 0 Å². The molecule has 1 aromatic carbocycles. The zero-order valence-corrected chi connectivity index (χ0v) is 9.38. The monoisotopic (exact) mass is 237 g/mol. The van der Waals surface area contributed by atoms with Crippen LogP contribution in [0.1, 0.15) is 10.4 Å². The molecule has 0 saturated carbocycles. The normalized spacial score (nSPS) is 13.3. The van der Waals surface area contributed by atoms with Crippen molar-refractivity contribution in [3.05, 3.63) is 17.7 Å². The summed E-state index contributed by atoms with van der Waals surface area (Å²) in [5.41, 5.74) is 0.516. The topological polar surface area (TPSA) is 55.8 Å². The number of ether oxygens (including phenoxy) is 1. The Bertz CT molecular complexity index is 546. The Hall–Kier alpha value is -1.98. The third-order valence-corrected chi connectivity index (χ3v) is 2.42. The van der Waals surface area contributed by atoms with E-state index in [-0.39, 0.29) is 23.3 Å². The van der Waals surface area contributed by atoms with E-state index in [0.717, 1.165) is 11.9 Å². The molecular formula is C10H6B3NO4. The van der Waals surface area contributed by atoms with E-state index in [1.54, 1.807) is 0 Å². The van der Waals surface area contributed by atoms with Crippen molar-refractivity contribution in [3.63, 3.8) is 0 Å². The zero-order valence-electron chi connectivity index (χ0n) is 9.38. The summed E-state index contributed by atoms with van der Waals surface area (Å²) >= 11 is 0. The van der Waals surface area contributed by atoms with Crippen molar-refractivity contribution < 1.29 is 19.0 Å². The maximum atomic E-state index is 11.6. The maximum absolute atomic E-state index is 11.6. The summed E-state index contributed by atoms with van der Waals surface area (Å²) in [6.45, 7) is 3.11. The molecule has 1 aliphatic rings. The predicted molar refractivity (Wildman–Crippen MR) is 68.9 cm³/mol. The van der Waals surface area contributed by atoms with Gasteiger partial charge in [-0.25, -0.2) is 0 Å². The Labute approximate surface area is 107 Å². The van der Waals surface area contributed by atoms with Gasteiger partial charge >= 0.3 is 106 Å². The fraction of sp³-hybridized carbons (Fsp3) is 0.100. The van der Waals surface area contributed by atoms with E-state index in [0.29, 0.717) is 5.75 Å². The fourth-order valence-corrected chi connectivity index (χ4v) is 1.55. The van der Waals surface area contributed by atoms with Gasteiger partial charge in [0.2, 0.25) is 0 Å². The van der Waals surface area contributed by atoms with Crippen molar-refractivity contribution in [2.75, 3.05) is 11.4 Å². The molecule has 1 heterocycles. The summed E-state index contributed by atoms with van der Waals surface area (Å²) in [5, 5.41) is 0. The first-order valence-corrected chi connectivity index (χ1v) is 5.00. The summed E-state index contributed by atoms with van der Waals surface area (Å²) in [7, 11) is 12.3. The number of rotatable bonds is 2. The number of carbonyl (C=O) groups excluding carboxylic acids is 2. The molecule has 0 N–H and O–H groups in total. The Morgan fingerprint density at radius 3 is 2.94 bits per heavy atom. The van der Waals surface area contributed by atoms with Crippen LogP contribution in [0, 0.1) is 0 Å². The molecule has 0 unspecified atom stereocenters. The van der Waals surface area contributed by atoms with E-state index >= 15 is 0 Å². The molecule has 84 valence electrons. The van der Waals surface area contributed by atoms with E-state index in [1.165, 1.54) is 12.1 Å². The summed E-state index contributed by atoms with van der Waals surface area (Å²) < 4.78 is 9.78. The second-order valence-electron chi connectivity index (χ2n) is 3.53. The second-order valence-corrected chi connectivity index (χ2v) is 3.53. The van der Waals surface area contributed by atoms with Crippen molar-refractivity contribution in [1.29, 1.82) is 0 Å². The average molecular weight is 237 g/mol. The predicted octanol–water partition coefficient (Wildman–Crippen LogP) is -1.50. The molecule has 0 saturated heterocycles. The molecule has 0 spiro atoms. The molecular weight excluding hydrogens is 231 g/mol. The van der Waals surface area contributed by atoms with E-state index in [1.807, 2.05) is 0 Å². The van der Waals surface area contributed by atoms with Crippen LogP contribution in [0.25, 0.3) is 0 Å². The number of anilines is 1. The average Bonchev–Trinajstić information content (AvgIpc) is 2.34. The van der Waals surface area contributed by atoms with E-state index in [9.17, 15) is 9.59 Å². The summed E-state index contributed by atoms with van der Waals surface area (Å²) in [6, 6.07) is 2.76. The molecule has 8 heteroatoms. The second kappa shape index (κ2) is 4.72. The molecule has 1 aliphatic heterocycles. The Kier molecular flexibility index (Phi) is 3.27. The molecule has 0 bridgehead atoms. The van der Waals surface area contributed by atoms with Gasteiger partial charge in [-0.1, -0.05) is 0 Å². The van der Waals surface area contributed by atoms with E-state index in [2.05, 4.69) is 11.1 Å². The first kappa shape index (κ1) is 12.5. The van der Waals surface area contributed by atoms with E-state index < -0.39 is 11.9 Å². The number of nitrogens with zero attached hydrogens (tertiary/aromatic N) is 1. The summed E-state index contributed by atoms with van der Waals surface area (Å²) in [5.74, 6) is -0.767. The molecule has 0 aromatic heterocycles. The Morgan fingerprint density at radius 1 is 1.56 bits per heavy atom. The third kappa shape index (κ3) is 2.06. The van der Waals surface area contributed by atoms with E-state index in [4.69, 9.17) is 20.6 Å². The van der Waals surface area contributed by atoms with Crippen LogP contribution in [-0.4, -0.2) is 47.9 Å². The number of carbonyl (C=O) groups is 2. The van der Waals surface area contributed by atoms with Crippen molar-refractivity contribution in [2.45, 2.75) is 0 Å². The van der Waals surface area contributed by atoms with Gasteiger partial charge < -0.3 is 0 Å². The molecule has 18 heavy (non-hydrogen) atoms. The van der Waals surface area contributed by atoms with Crippen LogP contribution in [-0.2, 0) is 9.45 Å². The SMILES string of the molecule is [B]c1cc2c(cc1C(=O)OB=C)N([B])C(=O)CO2. The van der Waals surface area contributed by atoms with Crippen LogP contribution in [0.3, 0.4) is 0 Å². The molecule has 5 nitrogen and oxygen atoms in total. The standard InChI is InChI=1S/C10H6B3NO4/c1-13-18-10(16)5-2-7-8(3-6(5)11)17-4-9(15)14(7)12/h2-3H,1,4H2. The molecule has 1 amide bonds. The molecule has 1 aromatic rings. The van der Waals surface area contributed by atoms with Crippen molar-refractivity contribution >= 4 is 52.4 Å². The van der Waals surface area contributed by atoms with Crippen LogP contribution in [0.15, 0.2) is 12.1 Å². The quantitative estimate of drug-likeness (QED) is 0.587. The molecule has 0 fully saturated rings. The zero-order chi connectivity index (χ0) is 13.3. The number of amides is 1. The number of benzene rings is 1. The first-order valence-electron chi connectivity index (χ1n) is 5.00.